The molecule has 88 valence electrons. The van der Waals surface area contributed by atoms with Crippen molar-refractivity contribution in [3.63, 3.8) is 0 Å². The minimum Gasteiger partial charge on any atom is -0.497 e. The van der Waals surface area contributed by atoms with Gasteiger partial charge in [0.25, 0.3) is 5.91 Å². The van der Waals surface area contributed by atoms with Crippen LogP contribution in [0.15, 0.2) is 36.8 Å². The first-order valence-corrected chi connectivity index (χ1v) is 5.13. The van der Waals surface area contributed by atoms with Crippen LogP contribution in [0, 0.1) is 0 Å². The van der Waals surface area contributed by atoms with Crippen molar-refractivity contribution in [2.24, 2.45) is 5.73 Å². The van der Waals surface area contributed by atoms with Crippen molar-refractivity contribution in [2.45, 2.75) is 6.54 Å². The van der Waals surface area contributed by atoms with E-state index in [1.54, 1.807) is 18.0 Å². The minimum atomic E-state index is -0.481. The molecule has 1 amide bonds. The number of aromatic nitrogens is 2. The van der Waals surface area contributed by atoms with Crippen molar-refractivity contribution in [1.29, 1.82) is 0 Å². The molecule has 0 unspecified atom stereocenters. The van der Waals surface area contributed by atoms with Crippen LogP contribution in [-0.4, -0.2) is 22.6 Å². The van der Waals surface area contributed by atoms with Crippen molar-refractivity contribution in [3.8, 4) is 5.75 Å². The van der Waals surface area contributed by atoms with Gasteiger partial charge in [-0.05, 0) is 17.7 Å². The number of benzene rings is 1. The molecule has 5 heteroatoms. The van der Waals surface area contributed by atoms with Gasteiger partial charge in [0.1, 0.15) is 11.4 Å². The first-order valence-electron chi connectivity index (χ1n) is 5.13. The number of methoxy groups -OCH3 is 1. The number of hydrogen-bond acceptors (Lipinski definition) is 3. The van der Waals surface area contributed by atoms with Gasteiger partial charge in [0.15, 0.2) is 0 Å². The van der Waals surface area contributed by atoms with Crippen molar-refractivity contribution in [3.05, 3.63) is 48.0 Å². The Kier molecular flexibility index (Phi) is 3.09. The maximum absolute atomic E-state index is 11.1. The molecular formula is C12H13N3O2. The van der Waals surface area contributed by atoms with Crippen LogP contribution in [0.2, 0.25) is 0 Å². The molecule has 0 aliphatic heterocycles. The predicted octanol–water partition coefficient (Wildman–Crippen LogP) is 1.04. The van der Waals surface area contributed by atoms with E-state index in [9.17, 15) is 4.79 Å². The quantitative estimate of drug-likeness (QED) is 0.854. The molecule has 0 fully saturated rings. The summed E-state index contributed by atoms with van der Waals surface area (Å²) in [5.41, 5.74) is 6.66. The summed E-state index contributed by atoms with van der Waals surface area (Å²) in [7, 11) is 1.62. The summed E-state index contributed by atoms with van der Waals surface area (Å²) in [5, 5.41) is 0. The maximum Gasteiger partial charge on any atom is 0.266 e. The number of carbonyl (C=O) groups excluding carboxylic acids is 1. The van der Waals surface area contributed by atoms with Crippen LogP contribution in [-0.2, 0) is 6.54 Å². The second-order valence-corrected chi connectivity index (χ2v) is 3.62. The molecule has 17 heavy (non-hydrogen) atoms. The third kappa shape index (κ3) is 2.44. The maximum atomic E-state index is 11.1. The molecule has 1 aromatic carbocycles. The van der Waals surface area contributed by atoms with Gasteiger partial charge >= 0.3 is 0 Å². The Labute approximate surface area is 98.8 Å². The molecule has 2 N–H and O–H groups in total. The van der Waals surface area contributed by atoms with E-state index < -0.39 is 5.91 Å². The Bertz CT molecular complexity index is 534. The number of nitrogens with zero attached hydrogens (tertiary/aromatic N) is 2. The SMILES string of the molecule is COc1cccc(Cn2cncc2C(N)=O)c1. The Morgan fingerprint density at radius 2 is 2.35 bits per heavy atom. The third-order valence-electron chi connectivity index (χ3n) is 2.45. The van der Waals surface area contributed by atoms with Gasteiger partial charge in [-0.2, -0.15) is 0 Å². The standard InChI is InChI=1S/C12H13N3O2/c1-17-10-4-2-3-9(5-10)7-15-8-14-6-11(15)12(13)16/h2-6,8H,7H2,1H3,(H2,13,16). The highest BCUT2D eigenvalue weighted by Gasteiger charge is 2.08. The zero-order valence-corrected chi connectivity index (χ0v) is 9.46. The number of nitrogens with two attached hydrogens (primary N) is 1. The molecule has 0 atom stereocenters. The Hall–Kier alpha value is -2.30. The average molecular weight is 231 g/mol. The topological polar surface area (TPSA) is 70.1 Å². The van der Waals surface area contributed by atoms with E-state index in [0.717, 1.165) is 11.3 Å². The Morgan fingerprint density at radius 3 is 3.06 bits per heavy atom. The van der Waals surface area contributed by atoms with Crippen LogP contribution in [0.5, 0.6) is 5.75 Å². The van der Waals surface area contributed by atoms with Gasteiger partial charge in [0.2, 0.25) is 0 Å². The lowest BCUT2D eigenvalue weighted by molar-refractivity contribution is 0.0992. The molecular weight excluding hydrogens is 218 g/mol. The molecule has 5 nitrogen and oxygen atoms in total. The number of ether oxygens (including phenoxy) is 1. The fourth-order valence-electron chi connectivity index (χ4n) is 1.62. The van der Waals surface area contributed by atoms with Gasteiger partial charge < -0.3 is 15.0 Å². The van der Waals surface area contributed by atoms with Crippen LogP contribution in [0.4, 0.5) is 0 Å². The van der Waals surface area contributed by atoms with Gasteiger partial charge in [0.05, 0.1) is 19.6 Å². The molecule has 0 radical (unpaired) electrons. The summed E-state index contributed by atoms with van der Waals surface area (Å²) >= 11 is 0. The molecule has 0 saturated carbocycles. The highest BCUT2D eigenvalue weighted by atomic mass is 16.5. The number of amides is 1. The van der Waals surface area contributed by atoms with E-state index in [0.29, 0.717) is 12.2 Å². The van der Waals surface area contributed by atoms with E-state index in [-0.39, 0.29) is 0 Å². The molecule has 1 heterocycles. The van der Waals surface area contributed by atoms with Crippen molar-refractivity contribution < 1.29 is 9.53 Å². The lowest BCUT2D eigenvalue weighted by Crippen LogP contribution is -2.16. The second kappa shape index (κ2) is 4.69. The van der Waals surface area contributed by atoms with Crippen molar-refractivity contribution in [2.75, 3.05) is 7.11 Å². The van der Waals surface area contributed by atoms with E-state index >= 15 is 0 Å². The number of primary amides is 1. The zero-order valence-electron chi connectivity index (χ0n) is 9.46. The highest BCUT2D eigenvalue weighted by Crippen LogP contribution is 2.14. The predicted molar refractivity (Wildman–Crippen MR) is 62.8 cm³/mol. The highest BCUT2D eigenvalue weighted by molar-refractivity contribution is 5.90. The molecule has 1 aromatic heterocycles. The van der Waals surface area contributed by atoms with Gasteiger partial charge in [-0.1, -0.05) is 12.1 Å². The molecule has 2 aromatic rings. The first kappa shape index (κ1) is 11.2. The molecule has 0 bridgehead atoms. The smallest absolute Gasteiger partial charge is 0.266 e. The number of rotatable bonds is 4. The van der Waals surface area contributed by atoms with E-state index in [4.69, 9.17) is 10.5 Å². The summed E-state index contributed by atoms with van der Waals surface area (Å²) in [6, 6.07) is 7.62. The summed E-state index contributed by atoms with van der Waals surface area (Å²) in [6.45, 7) is 0.537. The van der Waals surface area contributed by atoms with Crippen LogP contribution >= 0.6 is 0 Å². The van der Waals surface area contributed by atoms with Gasteiger partial charge in [-0.15, -0.1) is 0 Å². The van der Waals surface area contributed by atoms with E-state index in [1.807, 2.05) is 24.3 Å². The van der Waals surface area contributed by atoms with E-state index in [2.05, 4.69) is 4.98 Å². The molecule has 0 aliphatic rings. The largest absolute Gasteiger partial charge is 0.497 e. The summed E-state index contributed by atoms with van der Waals surface area (Å²) in [5.74, 6) is 0.300. The molecule has 2 rings (SSSR count). The minimum absolute atomic E-state index is 0.396. The van der Waals surface area contributed by atoms with Crippen molar-refractivity contribution >= 4 is 5.91 Å². The molecule has 0 spiro atoms. The van der Waals surface area contributed by atoms with E-state index in [1.165, 1.54) is 6.20 Å². The average Bonchev–Trinajstić information content (AvgIpc) is 2.77. The van der Waals surface area contributed by atoms with Crippen molar-refractivity contribution in [1.82, 2.24) is 9.55 Å². The number of imidazole rings is 1. The summed E-state index contributed by atoms with van der Waals surface area (Å²) in [6.07, 6.45) is 3.04. The lowest BCUT2D eigenvalue weighted by Gasteiger charge is -2.07. The van der Waals surface area contributed by atoms with Crippen LogP contribution in [0.3, 0.4) is 0 Å². The number of carbonyl (C=O) groups is 1. The monoisotopic (exact) mass is 231 g/mol. The first-order chi connectivity index (χ1) is 8.20. The van der Waals surface area contributed by atoms with Gasteiger partial charge in [0, 0.05) is 6.54 Å². The molecule has 0 saturated heterocycles. The molecule has 0 aliphatic carbocycles. The normalized spacial score (nSPS) is 10.2. The Balaban J connectivity index is 2.25. The van der Waals surface area contributed by atoms with Crippen LogP contribution < -0.4 is 10.5 Å². The number of hydrogen-bond donors (Lipinski definition) is 1. The zero-order chi connectivity index (χ0) is 12.3. The second-order valence-electron chi connectivity index (χ2n) is 3.62. The lowest BCUT2D eigenvalue weighted by atomic mass is 10.2. The summed E-state index contributed by atoms with van der Waals surface area (Å²) < 4.78 is 6.84. The van der Waals surface area contributed by atoms with Crippen LogP contribution in [0.25, 0.3) is 0 Å². The van der Waals surface area contributed by atoms with Crippen LogP contribution in [0.1, 0.15) is 16.1 Å². The van der Waals surface area contributed by atoms with Gasteiger partial charge in [-0.25, -0.2) is 4.98 Å². The Morgan fingerprint density at radius 1 is 1.53 bits per heavy atom. The fraction of sp³-hybridized carbons (Fsp3) is 0.167. The van der Waals surface area contributed by atoms with Gasteiger partial charge in [-0.3, -0.25) is 4.79 Å². The fourth-order valence-corrected chi connectivity index (χ4v) is 1.62. The summed E-state index contributed by atoms with van der Waals surface area (Å²) in [4.78, 5) is 15.0. The third-order valence-corrected chi connectivity index (χ3v) is 2.45.